The molecule has 5 amide bonds. The summed E-state index contributed by atoms with van der Waals surface area (Å²) < 4.78 is 24.2. The van der Waals surface area contributed by atoms with Crippen molar-refractivity contribution in [2.45, 2.75) is 32.1 Å². The number of rotatable bonds is 17. The standard InChI is InChI=1S/C55H57N11O10/c1-62-26-33(31-13-15-34(16-14-31)57-49(67)12-9-17-76-48-24-41-40(23-47(48)74-6)50(68)39-11-8-10-32(39)25-56-41)18-42(62)51(69)58-35-19-43(63(2)27-35)52(70)59-36-20-44(64(3)28-36)53(71)60-37-21-45(65(4)29-37)54(72)61-38-22-46(55(73)75-7)66(5)30-38/h13-16,18-30,32,39H,8-12,17H2,1-7H3,(H,57,67)(H,58,69)(H,59,70)(H,60,71)(H,61,72)/t32-,39?/m0/s1. The molecule has 0 spiro atoms. The molecule has 1 aliphatic carbocycles. The third-order valence-electron chi connectivity index (χ3n) is 13.5. The molecule has 2 aromatic carbocycles. The number of benzene rings is 2. The van der Waals surface area contributed by atoms with E-state index < -0.39 is 29.6 Å². The zero-order valence-electron chi connectivity index (χ0n) is 43.0. The van der Waals surface area contributed by atoms with Gasteiger partial charge >= 0.3 is 5.97 Å². The van der Waals surface area contributed by atoms with Crippen molar-refractivity contribution in [3.05, 3.63) is 132 Å². The molecule has 1 fully saturated rings. The molecule has 6 heterocycles. The number of aliphatic imine (C=N–C) groups is 1. The zero-order valence-corrected chi connectivity index (χ0v) is 43.0. The SMILES string of the molecule is COC(=O)c1cc(NC(=O)c2cc(NC(=O)c3cc(NC(=O)c4cc(NC(=O)c5cc(-c6ccc(NC(=O)CCCOc7cc8c(cc7OC)C(=O)C7CCC[C@H]7C=N8)cc6)cn5C)cn4C)cn3C)cn2C)cn1C. The zero-order chi connectivity index (χ0) is 53.9. The van der Waals surface area contributed by atoms with Crippen LogP contribution < -0.4 is 36.1 Å². The summed E-state index contributed by atoms with van der Waals surface area (Å²) in [7, 11) is 11.2. The normalized spacial score (nSPS) is 14.5. The Morgan fingerprint density at radius 2 is 1.07 bits per heavy atom. The van der Waals surface area contributed by atoms with Gasteiger partial charge in [-0.1, -0.05) is 18.6 Å². The summed E-state index contributed by atoms with van der Waals surface area (Å²) in [5.74, 6) is -1.46. The van der Waals surface area contributed by atoms with Crippen molar-refractivity contribution < 1.29 is 47.8 Å². The first-order valence-corrected chi connectivity index (χ1v) is 24.5. The number of ether oxygens (including phenoxy) is 3. The predicted octanol–water partition coefficient (Wildman–Crippen LogP) is 7.96. The molecule has 1 saturated carbocycles. The predicted molar refractivity (Wildman–Crippen MR) is 285 cm³/mol. The molecule has 0 bridgehead atoms. The van der Waals surface area contributed by atoms with Crippen molar-refractivity contribution in [2.75, 3.05) is 47.4 Å². The van der Waals surface area contributed by atoms with Crippen LogP contribution in [0.2, 0.25) is 0 Å². The van der Waals surface area contributed by atoms with E-state index in [4.69, 9.17) is 14.2 Å². The maximum atomic E-state index is 13.6. The quantitative estimate of drug-likeness (QED) is 0.0435. The van der Waals surface area contributed by atoms with Gasteiger partial charge in [0.1, 0.15) is 28.5 Å². The van der Waals surface area contributed by atoms with Crippen molar-refractivity contribution in [3.8, 4) is 22.6 Å². The summed E-state index contributed by atoms with van der Waals surface area (Å²) in [6.07, 6.45) is 13.6. The van der Waals surface area contributed by atoms with Crippen LogP contribution in [0.3, 0.4) is 0 Å². The Hall–Kier alpha value is -9.40. The van der Waals surface area contributed by atoms with Crippen LogP contribution in [-0.2, 0) is 44.8 Å². The van der Waals surface area contributed by atoms with Gasteiger partial charge in [-0.2, -0.15) is 0 Å². The molecule has 21 heteroatoms. The summed E-state index contributed by atoms with van der Waals surface area (Å²) >= 11 is 0. The number of hydrogen-bond acceptors (Lipinski definition) is 11. The monoisotopic (exact) mass is 1030 g/mol. The fraction of sp³-hybridized carbons (Fsp3) is 0.273. The lowest BCUT2D eigenvalue weighted by Crippen LogP contribution is -2.18. The molecule has 392 valence electrons. The Morgan fingerprint density at radius 1 is 0.566 bits per heavy atom. The number of fused-ring (bicyclic) bond motifs is 2. The van der Waals surface area contributed by atoms with Crippen LogP contribution in [0.4, 0.5) is 34.1 Å². The van der Waals surface area contributed by atoms with E-state index in [0.29, 0.717) is 63.3 Å². The van der Waals surface area contributed by atoms with E-state index in [2.05, 4.69) is 31.6 Å². The average Bonchev–Trinajstić information content (AvgIpc) is 4.27. The summed E-state index contributed by atoms with van der Waals surface area (Å²) in [5, 5.41) is 14.2. The van der Waals surface area contributed by atoms with Gasteiger partial charge in [0.15, 0.2) is 17.3 Å². The Morgan fingerprint density at radius 3 is 1.59 bits per heavy atom. The molecule has 1 aliphatic heterocycles. The van der Waals surface area contributed by atoms with Crippen LogP contribution in [0.25, 0.3) is 11.1 Å². The van der Waals surface area contributed by atoms with Gasteiger partial charge in [0, 0.05) is 114 Å². The number of aromatic nitrogens is 5. The summed E-state index contributed by atoms with van der Waals surface area (Å²) in [6, 6.07) is 18.5. The van der Waals surface area contributed by atoms with E-state index >= 15 is 0 Å². The number of anilines is 5. The number of nitrogens with zero attached hydrogens (tertiary/aromatic N) is 6. The van der Waals surface area contributed by atoms with Crippen LogP contribution in [-0.4, -0.2) is 91.2 Å². The van der Waals surface area contributed by atoms with E-state index in [1.165, 1.54) is 37.0 Å². The number of hydrogen-bond donors (Lipinski definition) is 5. The number of esters is 1. The van der Waals surface area contributed by atoms with Crippen LogP contribution in [0, 0.1) is 11.8 Å². The number of ketones is 1. The first kappa shape index (κ1) is 51.5. The molecule has 5 aromatic heterocycles. The molecule has 2 atom stereocenters. The lowest BCUT2D eigenvalue weighted by Gasteiger charge is -2.15. The molecule has 21 nitrogen and oxygen atoms in total. The highest BCUT2D eigenvalue weighted by molar-refractivity contribution is 6.10. The third kappa shape index (κ3) is 10.9. The average molecular weight is 1030 g/mol. The van der Waals surface area contributed by atoms with Crippen LogP contribution in [0.5, 0.6) is 11.5 Å². The maximum Gasteiger partial charge on any atom is 0.354 e. The molecule has 76 heavy (non-hydrogen) atoms. The van der Waals surface area contributed by atoms with Crippen molar-refractivity contribution in [3.63, 3.8) is 0 Å². The summed E-state index contributed by atoms with van der Waals surface area (Å²) in [6.45, 7) is 0.250. The maximum absolute atomic E-state index is 13.6. The number of methoxy groups -OCH3 is 2. The van der Waals surface area contributed by atoms with E-state index in [9.17, 15) is 33.6 Å². The minimum atomic E-state index is -0.548. The number of Topliss-reactive ketones (excluding diaryl/α,β-unsaturated/α-hetero) is 1. The Balaban J connectivity index is 0.745. The number of amides is 5. The van der Waals surface area contributed by atoms with E-state index in [-0.39, 0.29) is 59.3 Å². The highest BCUT2D eigenvalue weighted by Crippen LogP contribution is 2.42. The molecule has 5 N–H and O–H groups in total. The summed E-state index contributed by atoms with van der Waals surface area (Å²) in [5.41, 5.74) is 6.11. The largest absolute Gasteiger partial charge is 0.493 e. The van der Waals surface area contributed by atoms with Crippen molar-refractivity contribution in [1.29, 1.82) is 0 Å². The highest BCUT2D eigenvalue weighted by Gasteiger charge is 2.36. The first-order valence-electron chi connectivity index (χ1n) is 24.5. The molecule has 1 unspecified atom stereocenters. The van der Waals surface area contributed by atoms with E-state index in [1.807, 2.05) is 24.5 Å². The van der Waals surface area contributed by atoms with Gasteiger partial charge < -0.3 is 63.6 Å². The fourth-order valence-electron chi connectivity index (χ4n) is 9.62. The second-order valence-electron chi connectivity index (χ2n) is 18.9. The molecule has 2 aliphatic rings. The van der Waals surface area contributed by atoms with Gasteiger partial charge in [0.2, 0.25) is 5.91 Å². The smallest absolute Gasteiger partial charge is 0.354 e. The molecular formula is C55H57N11O10. The van der Waals surface area contributed by atoms with Gasteiger partial charge in [0.05, 0.1) is 49.3 Å². The topological polar surface area (TPSA) is 244 Å². The Bertz CT molecular complexity index is 3480. The molecule has 0 radical (unpaired) electrons. The molecule has 0 saturated heterocycles. The van der Waals surface area contributed by atoms with Crippen molar-refractivity contribution in [1.82, 2.24) is 22.8 Å². The van der Waals surface area contributed by atoms with Gasteiger partial charge in [-0.15, -0.1) is 0 Å². The first-order chi connectivity index (χ1) is 36.5. The van der Waals surface area contributed by atoms with Gasteiger partial charge in [0.25, 0.3) is 23.6 Å². The second kappa shape index (κ2) is 21.6. The Kier molecular flexibility index (Phi) is 14.6. The highest BCUT2D eigenvalue weighted by atomic mass is 16.5. The second-order valence-corrected chi connectivity index (χ2v) is 18.9. The van der Waals surface area contributed by atoms with Crippen LogP contribution in [0.15, 0.2) is 103 Å². The van der Waals surface area contributed by atoms with Gasteiger partial charge in [-0.05, 0) is 73.4 Å². The number of carbonyl (C=O) groups excluding carboxylic acids is 7. The number of aryl methyl sites for hydroxylation is 5. The number of carbonyl (C=O) groups is 7. The van der Waals surface area contributed by atoms with E-state index in [0.717, 1.165) is 30.4 Å². The van der Waals surface area contributed by atoms with E-state index in [1.54, 1.807) is 115 Å². The van der Waals surface area contributed by atoms with Crippen LogP contribution in [0.1, 0.15) is 94.9 Å². The molecule has 9 rings (SSSR count). The number of nitrogens with one attached hydrogen (secondary N) is 5. The Labute approximate surface area is 436 Å². The van der Waals surface area contributed by atoms with Crippen molar-refractivity contribution in [2.24, 2.45) is 52.1 Å². The molecular weight excluding hydrogens is 975 g/mol. The summed E-state index contributed by atoms with van der Waals surface area (Å²) in [4.78, 5) is 96.4. The lowest BCUT2D eigenvalue weighted by atomic mass is 9.89. The van der Waals surface area contributed by atoms with Crippen molar-refractivity contribution >= 4 is 81.6 Å². The third-order valence-corrected chi connectivity index (χ3v) is 13.5. The molecule has 7 aromatic rings. The van der Waals surface area contributed by atoms with Gasteiger partial charge in [-0.25, -0.2) is 4.79 Å². The lowest BCUT2D eigenvalue weighted by molar-refractivity contribution is -0.116. The fourth-order valence-corrected chi connectivity index (χ4v) is 9.62. The van der Waals surface area contributed by atoms with Gasteiger partial charge in [-0.3, -0.25) is 33.8 Å². The minimum Gasteiger partial charge on any atom is -0.493 e. The minimum absolute atomic E-state index is 0.0462. The van der Waals surface area contributed by atoms with Crippen LogP contribution >= 0.6 is 0 Å².